The Balaban J connectivity index is 3.58. The lowest BCUT2D eigenvalue weighted by Gasteiger charge is -2.34. The molecule has 0 aromatic heterocycles. The molecule has 0 saturated carbocycles. The van der Waals surface area contributed by atoms with Crippen LogP contribution in [0.25, 0.3) is 0 Å². The second-order valence-electron chi connectivity index (χ2n) is 13.4. The normalized spacial score (nSPS) is 13.6. The summed E-state index contributed by atoms with van der Waals surface area (Å²) in [4.78, 5) is 0. The highest BCUT2D eigenvalue weighted by molar-refractivity contribution is 4.82. The molecule has 0 radical (unpaired) electrons. The van der Waals surface area contributed by atoms with E-state index in [9.17, 15) is 5.11 Å². The lowest BCUT2D eigenvalue weighted by molar-refractivity contribution is -0.910. The first-order valence-corrected chi connectivity index (χ1v) is 18.9. The van der Waals surface area contributed by atoms with Crippen LogP contribution in [-0.2, 0) is 0 Å². The quantitative estimate of drug-likeness (QED) is 0.0459. The summed E-state index contributed by atoms with van der Waals surface area (Å²) in [6.07, 6.45) is 48.1. The smallest absolute Gasteiger partial charge is 0.102 e. The standard InChI is InChI=1S/C39H78NO/c1-4-6-8-10-12-14-16-18-20-22-24-26-28-30-32-34-36-40(3,38-39-41)37-35-33-31-29-27-25-23-21-19-17-15-13-11-9-7-5-2/h18-21,41H,4-17,22-39H2,1-3H3/q+1. The summed E-state index contributed by atoms with van der Waals surface area (Å²) in [5, 5.41) is 9.65. The Morgan fingerprint density at radius 2 is 0.634 bits per heavy atom. The summed E-state index contributed by atoms with van der Waals surface area (Å²) in [6, 6.07) is 0. The maximum atomic E-state index is 9.65. The Labute approximate surface area is 260 Å². The minimum absolute atomic E-state index is 0.329. The first kappa shape index (κ1) is 40.4. The van der Waals surface area contributed by atoms with Crippen molar-refractivity contribution in [2.45, 2.75) is 194 Å². The Morgan fingerprint density at radius 1 is 0.366 bits per heavy atom. The Kier molecular flexibility index (Phi) is 33.4. The molecular formula is C39H78NO+. The number of nitrogens with zero attached hydrogens (tertiary/aromatic N) is 1. The van der Waals surface area contributed by atoms with Crippen molar-refractivity contribution in [3.05, 3.63) is 24.3 Å². The first-order chi connectivity index (χ1) is 20.2. The lowest BCUT2D eigenvalue weighted by atomic mass is 10.1. The molecular weight excluding hydrogens is 498 g/mol. The van der Waals surface area contributed by atoms with Gasteiger partial charge >= 0.3 is 0 Å². The van der Waals surface area contributed by atoms with Crippen LogP contribution in [0.1, 0.15) is 194 Å². The molecule has 0 bridgehead atoms. The predicted octanol–water partition coefficient (Wildman–Crippen LogP) is 12.5. The molecule has 0 aromatic rings. The van der Waals surface area contributed by atoms with Gasteiger partial charge in [-0.3, -0.25) is 0 Å². The van der Waals surface area contributed by atoms with E-state index in [4.69, 9.17) is 0 Å². The van der Waals surface area contributed by atoms with E-state index in [-0.39, 0.29) is 0 Å². The molecule has 41 heavy (non-hydrogen) atoms. The van der Waals surface area contributed by atoms with Gasteiger partial charge in [0, 0.05) is 0 Å². The molecule has 0 spiro atoms. The fourth-order valence-corrected chi connectivity index (χ4v) is 6.06. The molecule has 0 rings (SSSR count). The van der Waals surface area contributed by atoms with Gasteiger partial charge in [-0.05, 0) is 77.0 Å². The molecule has 0 atom stereocenters. The largest absolute Gasteiger partial charge is 0.391 e. The van der Waals surface area contributed by atoms with Gasteiger partial charge in [0.2, 0.25) is 0 Å². The first-order valence-electron chi connectivity index (χ1n) is 18.9. The predicted molar refractivity (Wildman–Crippen MR) is 187 cm³/mol. The van der Waals surface area contributed by atoms with Crippen LogP contribution in [0.5, 0.6) is 0 Å². The van der Waals surface area contributed by atoms with Crippen LogP contribution in [0.3, 0.4) is 0 Å². The average molecular weight is 577 g/mol. The Morgan fingerprint density at radius 3 is 0.927 bits per heavy atom. The molecule has 0 fully saturated rings. The molecule has 0 aromatic carbocycles. The van der Waals surface area contributed by atoms with Gasteiger partial charge in [0.15, 0.2) is 0 Å². The summed E-state index contributed by atoms with van der Waals surface area (Å²) in [5.74, 6) is 0. The van der Waals surface area contributed by atoms with Gasteiger partial charge in [-0.2, -0.15) is 0 Å². The lowest BCUT2D eigenvalue weighted by Crippen LogP contribution is -2.47. The maximum absolute atomic E-state index is 9.65. The second-order valence-corrected chi connectivity index (χ2v) is 13.4. The number of hydrogen-bond acceptors (Lipinski definition) is 1. The van der Waals surface area contributed by atoms with E-state index >= 15 is 0 Å². The molecule has 2 nitrogen and oxygen atoms in total. The minimum atomic E-state index is 0.329. The van der Waals surface area contributed by atoms with Gasteiger partial charge in [-0.15, -0.1) is 0 Å². The molecule has 0 aliphatic heterocycles. The van der Waals surface area contributed by atoms with Crippen molar-refractivity contribution in [1.82, 2.24) is 0 Å². The Bertz CT molecular complexity index is 498. The van der Waals surface area contributed by atoms with Crippen molar-refractivity contribution in [2.24, 2.45) is 0 Å². The van der Waals surface area contributed by atoms with Gasteiger partial charge in [0.25, 0.3) is 0 Å². The molecule has 0 unspecified atom stereocenters. The molecule has 1 N–H and O–H groups in total. The topological polar surface area (TPSA) is 20.2 Å². The molecule has 0 amide bonds. The summed E-state index contributed by atoms with van der Waals surface area (Å²) >= 11 is 0. The number of rotatable bonds is 34. The number of aliphatic hydroxyl groups is 1. The summed E-state index contributed by atoms with van der Waals surface area (Å²) in [5.41, 5.74) is 0. The van der Waals surface area contributed by atoms with Crippen LogP contribution < -0.4 is 0 Å². The Hall–Kier alpha value is -0.600. The van der Waals surface area contributed by atoms with Crippen LogP contribution in [0.15, 0.2) is 24.3 Å². The number of allylic oxidation sites excluding steroid dienone is 4. The van der Waals surface area contributed by atoms with Crippen LogP contribution in [0.4, 0.5) is 0 Å². The van der Waals surface area contributed by atoms with Crippen LogP contribution in [0, 0.1) is 0 Å². The van der Waals surface area contributed by atoms with Gasteiger partial charge in [-0.25, -0.2) is 0 Å². The van der Waals surface area contributed by atoms with Crippen molar-refractivity contribution >= 4 is 0 Å². The van der Waals surface area contributed by atoms with E-state index < -0.39 is 0 Å². The van der Waals surface area contributed by atoms with Crippen LogP contribution in [-0.4, -0.2) is 42.9 Å². The third kappa shape index (κ3) is 32.2. The van der Waals surface area contributed by atoms with E-state index in [1.165, 1.54) is 193 Å². The van der Waals surface area contributed by atoms with Gasteiger partial charge in [0.1, 0.15) is 6.54 Å². The van der Waals surface area contributed by atoms with E-state index in [0.717, 1.165) is 11.0 Å². The van der Waals surface area contributed by atoms with Crippen molar-refractivity contribution in [3.63, 3.8) is 0 Å². The SMILES string of the molecule is CCCCCCCCC=CCCCCCCCC[N+](C)(CCO)CCCCCCCCC=CCCCCCCCC. The van der Waals surface area contributed by atoms with Crippen molar-refractivity contribution < 1.29 is 9.59 Å². The number of quaternary nitrogens is 1. The highest BCUT2D eigenvalue weighted by Gasteiger charge is 2.19. The zero-order valence-corrected chi connectivity index (χ0v) is 28.8. The zero-order valence-electron chi connectivity index (χ0n) is 28.8. The number of likely N-dealkylation sites (N-methyl/N-ethyl adjacent to an activating group) is 1. The molecule has 244 valence electrons. The van der Waals surface area contributed by atoms with E-state index in [1.807, 2.05) is 0 Å². The second kappa shape index (κ2) is 33.9. The number of unbranched alkanes of at least 4 members (excludes halogenated alkanes) is 24. The van der Waals surface area contributed by atoms with Crippen LogP contribution in [0.2, 0.25) is 0 Å². The summed E-state index contributed by atoms with van der Waals surface area (Å²) in [7, 11) is 2.38. The highest BCUT2D eigenvalue weighted by atomic mass is 16.3. The van der Waals surface area contributed by atoms with Gasteiger partial charge < -0.3 is 9.59 Å². The summed E-state index contributed by atoms with van der Waals surface area (Å²) in [6.45, 7) is 8.32. The monoisotopic (exact) mass is 577 g/mol. The molecule has 0 aliphatic rings. The third-order valence-corrected chi connectivity index (χ3v) is 9.06. The maximum Gasteiger partial charge on any atom is 0.102 e. The van der Waals surface area contributed by atoms with Gasteiger partial charge in [-0.1, -0.05) is 141 Å². The molecule has 0 heterocycles. The fraction of sp³-hybridized carbons (Fsp3) is 0.897. The van der Waals surface area contributed by atoms with E-state index in [2.05, 4.69) is 45.2 Å². The molecule has 0 aliphatic carbocycles. The fourth-order valence-electron chi connectivity index (χ4n) is 6.06. The average Bonchev–Trinajstić information content (AvgIpc) is 2.97. The van der Waals surface area contributed by atoms with Crippen molar-refractivity contribution in [2.75, 3.05) is 33.3 Å². The third-order valence-electron chi connectivity index (χ3n) is 9.06. The zero-order chi connectivity index (χ0) is 30.0. The minimum Gasteiger partial charge on any atom is -0.391 e. The van der Waals surface area contributed by atoms with Crippen molar-refractivity contribution in [1.29, 1.82) is 0 Å². The summed E-state index contributed by atoms with van der Waals surface area (Å²) < 4.78 is 1.07. The number of aliphatic hydroxyl groups excluding tert-OH is 1. The van der Waals surface area contributed by atoms with Crippen molar-refractivity contribution in [3.8, 4) is 0 Å². The number of hydrogen-bond donors (Lipinski definition) is 1. The molecule has 0 saturated heterocycles. The van der Waals surface area contributed by atoms with Gasteiger partial charge in [0.05, 0.1) is 26.7 Å². The van der Waals surface area contributed by atoms with Crippen LogP contribution >= 0.6 is 0 Å². The highest BCUT2D eigenvalue weighted by Crippen LogP contribution is 2.15. The van der Waals surface area contributed by atoms with E-state index in [1.54, 1.807) is 0 Å². The molecule has 2 heteroatoms. The van der Waals surface area contributed by atoms with E-state index in [0.29, 0.717) is 6.61 Å².